The van der Waals surface area contributed by atoms with Crippen molar-refractivity contribution >= 4 is 23.1 Å². The average Bonchev–Trinajstić information content (AvgIpc) is 2.90. The van der Waals surface area contributed by atoms with E-state index in [0.29, 0.717) is 25.3 Å². The second-order valence-electron chi connectivity index (χ2n) is 3.69. The summed E-state index contributed by atoms with van der Waals surface area (Å²) in [5.74, 6) is -0.209. The van der Waals surface area contributed by atoms with Crippen LogP contribution in [0.4, 0.5) is 4.39 Å². The van der Waals surface area contributed by atoms with E-state index in [1.807, 2.05) is 6.07 Å². The second-order valence-corrected chi connectivity index (χ2v) is 5.82. The lowest BCUT2D eigenvalue weighted by molar-refractivity contribution is 0.199. The predicted molar refractivity (Wildman–Crippen MR) is 74.0 cm³/mol. The Morgan fingerprint density at radius 2 is 2.37 bits per heavy atom. The Morgan fingerprint density at radius 3 is 3.11 bits per heavy atom. The topological polar surface area (TPSA) is 47.0 Å². The van der Waals surface area contributed by atoms with E-state index in [4.69, 9.17) is 4.74 Å². The van der Waals surface area contributed by atoms with Crippen LogP contribution in [-0.2, 0) is 11.3 Å². The third-order valence-electron chi connectivity index (χ3n) is 2.40. The number of methoxy groups -OCH3 is 1. The third kappa shape index (κ3) is 4.24. The number of nitrogens with one attached hydrogen (secondary N) is 1. The minimum absolute atomic E-state index is 0.209. The number of halogens is 1. The van der Waals surface area contributed by atoms with Crippen molar-refractivity contribution in [3.05, 3.63) is 35.1 Å². The summed E-state index contributed by atoms with van der Waals surface area (Å²) in [5, 5.41) is 10.9. The number of nitrogens with zero attached hydrogens (tertiary/aromatic N) is 2. The van der Waals surface area contributed by atoms with Gasteiger partial charge in [-0.1, -0.05) is 29.2 Å². The number of hydrogen-bond donors (Lipinski definition) is 1. The maximum atomic E-state index is 13.9. The first-order valence-electron chi connectivity index (χ1n) is 5.72. The Bertz CT molecular complexity index is 508. The zero-order chi connectivity index (χ0) is 13.5. The molecule has 1 N–H and O–H groups in total. The zero-order valence-electron chi connectivity index (χ0n) is 10.4. The van der Waals surface area contributed by atoms with Gasteiger partial charge >= 0.3 is 0 Å². The van der Waals surface area contributed by atoms with E-state index < -0.39 is 0 Å². The van der Waals surface area contributed by atoms with Crippen molar-refractivity contribution in [2.45, 2.75) is 15.8 Å². The van der Waals surface area contributed by atoms with Crippen molar-refractivity contribution in [3.63, 3.8) is 0 Å². The first-order valence-corrected chi connectivity index (χ1v) is 7.42. The van der Waals surface area contributed by atoms with Gasteiger partial charge in [-0.3, -0.25) is 0 Å². The molecule has 102 valence electrons. The monoisotopic (exact) mass is 299 g/mol. The molecule has 0 bridgehead atoms. The molecule has 19 heavy (non-hydrogen) atoms. The molecule has 0 saturated carbocycles. The average molecular weight is 299 g/mol. The van der Waals surface area contributed by atoms with Crippen molar-refractivity contribution in [3.8, 4) is 0 Å². The second kappa shape index (κ2) is 7.54. The van der Waals surface area contributed by atoms with Crippen LogP contribution < -0.4 is 5.32 Å². The van der Waals surface area contributed by atoms with Gasteiger partial charge in [-0.25, -0.2) is 4.39 Å². The minimum Gasteiger partial charge on any atom is -0.383 e. The normalized spacial score (nSPS) is 10.8. The summed E-state index contributed by atoms with van der Waals surface area (Å²) >= 11 is 2.87. The van der Waals surface area contributed by atoms with Gasteiger partial charge in [0, 0.05) is 30.7 Å². The highest BCUT2D eigenvalue weighted by atomic mass is 32.2. The fourth-order valence-corrected chi connectivity index (χ4v) is 3.08. The van der Waals surface area contributed by atoms with E-state index >= 15 is 0 Å². The molecule has 4 nitrogen and oxygen atoms in total. The van der Waals surface area contributed by atoms with Crippen molar-refractivity contribution in [1.82, 2.24) is 15.5 Å². The molecule has 0 atom stereocenters. The highest BCUT2D eigenvalue weighted by Gasteiger charge is 2.10. The zero-order valence-corrected chi connectivity index (χ0v) is 12.1. The van der Waals surface area contributed by atoms with Crippen LogP contribution in [0.15, 0.2) is 32.9 Å². The molecule has 2 rings (SSSR count). The molecule has 7 heteroatoms. The summed E-state index contributed by atoms with van der Waals surface area (Å²) in [6.45, 7) is 1.76. The number of hydrogen-bond acceptors (Lipinski definition) is 6. The molecule has 1 aromatic heterocycles. The lowest BCUT2D eigenvalue weighted by Gasteiger charge is -2.10. The van der Waals surface area contributed by atoms with Crippen LogP contribution in [0.5, 0.6) is 0 Å². The lowest BCUT2D eigenvalue weighted by atomic mass is 10.2. The van der Waals surface area contributed by atoms with Crippen molar-refractivity contribution in [2.24, 2.45) is 0 Å². The Labute approximate surface area is 119 Å². The van der Waals surface area contributed by atoms with Crippen LogP contribution >= 0.6 is 23.1 Å². The largest absolute Gasteiger partial charge is 0.383 e. The maximum Gasteiger partial charge on any atom is 0.178 e. The van der Waals surface area contributed by atoms with Gasteiger partial charge in [0.15, 0.2) is 4.34 Å². The van der Waals surface area contributed by atoms with Gasteiger partial charge in [0.1, 0.15) is 11.3 Å². The molecule has 0 aliphatic carbocycles. The number of aromatic nitrogens is 2. The quantitative estimate of drug-likeness (QED) is 0.796. The van der Waals surface area contributed by atoms with Gasteiger partial charge in [0.25, 0.3) is 0 Å². The molecule has 0 saturated heterocycles. The molecular formula is C12H14FN3OS2. The van der Waals surface area contributed by atoms with Crippen molar-refractivity contribution in [2.75, 3.05) is 20.3 Å². The summed E-state index contributed by atoms with van der Waals surface area (Å²) in [6, 6.07) is 5.07. The van der Waals surface area contributed by atoms with Gasteiger partial charge < -0.3 is 10.1 Å². The van der Waals surface area contributed by atoms with Gasteiger partial charge in [0.2, 0.25) is 0 Å². The molecule has 0 aliphatic heterocycles. The van der Waals surface area contributed by atoms with E-state index in [1.165, 1.54) is 29.2 Å². The molecule has 0 amide bonds. The molecule has 0 radical (unpaired) electrons. The molecule has 0 spiro atoms. The lowest BCUT2D eigenvalue weighted by Crippen LogP contribution is -2.19. The van der Waals surface area contributed by atoms with Crippen molar-refractivity contribution < 1.29 is 9.13 Å². The molecule has 0 aliphatic rings. The van der Waals surface area contributed by atoms with Gasteiger partial charge in [-0.05, 0) is 12.1 Å². The molecule has 0 fully saturated rings. The molecule has 0 unspecified atom stereocenters. The highest BCUT2D eigenvalue weighted by molar-refractivity contribution is 8.01. The Morgan fingerprint density at radius 1 is 1.47 bits per heavy atom. The molecule has 1 aromatic carbocycles. The van der Waals surface area contributed by atoms with Gasteiger partial charge in [-0.2, -0.15) is 0 Å². The number of benzene rings is 1. The first kappa shape index (κ1) is 14.4. The van der Waals surface area contributed by atoms with Gasteiger partial charge in [-0.15, -0.1) is 10.2 Å². The van der Waals surface area contributed by atoms with Crippen LogP contribution in [0.25, 0.3) is 0 Å². The van der Waals surface area contributed by atoms with Crippen LogP contribution in [0, 0.1) is 5.82 Å². The third-order valence-corrected chi connectivity index (χ3v) is 4.28. The Balaban J connectivity index is 2.07. The smallest absolute Gasteiger partial charge is 0.178 e. The predicted octanol–water partition coefficient (Wildman–Crippen LogP) is 2.56. The summed E-state index contributed by atoms with van der Waals surface area (Å²) in [4.78, 5) is 0.863. The number of rotatable bonds is 7. The fraction of sp³-hybridized carbons (Fsp3) is 0.333. The Hall–Kier alpha value is -1.02. The van der Waals surface area contributed by atoms with Crippen LogP contribution in [0.2, 0.25) is 0 Å². The molecule has 2 aromatic rings. The summed E-state index contributed by atoms with van der Waals surface area (Å²) in [6.07, 6.45) is 0. The summed E-state index contributed by atoms with van der Waals surface area (Å²) in [5.41, 5.74) is 2.32. The van der Waals surface area contributed by atoms with E-state index in [-0.39, 0.29) is 5.82 Å². The maximum absolute atomic E-state index is 13.9. The standard InChI is InChI=1S/C12H14FN3OS2/c1-17-6-5-14-7-9-10(13)3-2-4-11(9)19-12-16-15-8-18-12/h2-4,8,14H,5-7H2,1H3. The molecular weight excluding hydrogens is 285 g/mol. The van der Waals surface area contributed by atoms with E-state index in [0.717, 1.165) is 9.24 Å². The fourth-order valence-electron chi connectivity index (χ4n) is 1.50. The van der Waals surface area contributed by atoms with E-state index in [9.17, 15) is 4.39 Å². The minimum atomic E-state index is -0.209. The van der Waals surface area contributed by atoms with Crippen LogP contribution in [0.1, 0.15) is 5.56 Å². The van der Waals surface area contributed by atoms with E-state index in [2.05, 4.69) is 15.5 Å². The van der Waals surface area contributed by atoms with Crippen LogP contribution in [0.3, 0.4) is 0 Å². The highest BCUT2D eigenvalue weighted by Crippen LogP contribution is 2.32. The van der Waals surface area contributed by atoms with Gasteiger partial charge in [0.05, 0.1) is 6.61 Å². The first-order chi connectivity index (χ1) is 9.31. The molecule has 1 heterocycles. The summed E-state index contributed by atoms with van der Waals surface area (Å²) in [7, 11) is 1.64. The Kier molecular flexibility index (Phi) is 5.71. The SMILES string of the molecule is COCCNCc1c(F)cccc1Sc1nncs1. The summed E-state index contributed by atoms with van der Waals surface area (Å²) < 4.78 is 19.6. The number of ether oxygens (including phenoxy) is 1. The van der Waals surface area contributed by atoms with E-state index in [1.54, 1.807) is 18.7 Å². The van der Waals surface area contributed by atoms with Crippen molar-refractivity contribution in [1.29, 1.82) is 0 Å². The van der Waals surface area contributed by atoms with Crippen LogP contribution in [-0.4, -0.2) is 30.5 Å².